The monoisotopic (exact) mass is 540 g/mol. The van der Waals surface area contributed by atoms with Crippen LogP contribution in [0.4, 0.5) is 11.4 Å². The number of likely N-dealkylation sites (tertiary alicyclic amines) is 1. The van der Waals surface area contributed by atoms with E-state index in [9.17, 15) is 14.9 Å². The molecule has 2 fully saturated rings. The van der Waals surface area contributed by atoms with E-state index < -0.39 is 4.92 Å². The number of nitrogens with zero attached hydrogens (tertiary/aromatic N) is 4. The Labute approximate surface area is 230 Å². The van der Waals surface area contributed by atoms with Gasteiger partial charge in [-0.3, -0.25) is 19.8 Å². The smallest absolute Gasteiger partial charge is 0.311 e. The van der Waals surface area contributed by atoms with E-state index in [0.717, 1.165) is 51.3 Å². The number of benzene rings is 2. The molecule has 0 bridgehead atoms. The summed E-state index contributed by atoms with van der Waals surface area (Å²) in [6.07, 6.45) is 1.93. The molecule has 212 valence electrons. The predicted molar refractivity (Wildman–Crippen MR) is 150 cm³/mol. The number of methoxy groups -OCH3 is 1. The Balaban J connectivity index is 1.18. The molecule has 4 rings (SSSR count). The number of rotatable bonds is 11. The highest BCUT2D eigenvalue weighted by Gasteiger charge is 2.26. The van der Waals surface area contributed by atoms with Crippen LogP contribution in [0.2, 0.25) is 0 Å². The number of anilines is 1. The Morgan fingerprint density at radius 2 is 1.67 bits per heavy atom. The summed E-state index contributed by atoms with van der Waals surface area (Å²) in [7, 11) is 1.67. The minimum absolute atomic E-state index is 0.0421. The molecule has 0 unspecified atom stereocenters. The van der Waals surface area contributed by atoms with Crippen molar-refractivity contribution < 1.29 is 23.9 Å². The highest BCUT2D eigenvalue weighted by molar-refractivity contribution is 5.76. The molecule has 39 heavy (non-hydrogen) atoms. The number of carbonyl (C=O) groups is 1. The molecule has 1 amide bonds. The van der Waals surface area contributed by atoms with Gasteiger partial charge >= 0.3 is 5.69 Å². The summed E-state index contributed by atoms with van der Waals surface area (Å²) in [6.45, 7) is 10.2. The van der Waals surface area contributed by atoms with Crippen LogP contribution >= 0.6 is 0 Å². The third-order valence-electron chi connectivity index (χ3n) is 7.25. The zero-order chi connectivity index (χ0) is 27.8. The molecule has 2 aliphatic rings. The minimum atomic E-state index is -0.440. The van der Waals surface area contributed by atoms with Crippen molar-refractivity contribution in [2.75, 3.05) is 64.4 Å². The fraction of sp³-hybridized carbons (Fsp3) is 0.552. The Kier molecular flexibility index (Phi) is 9.86. The molecule has 0 radical (unpaired) electrons. The van der Waals surface area contributed by atoms with Crippen LogP contribution < -0.4 is 19.1 Å². The van der Waals surface area contributed by atoms with Crippen molar-refractivity contribution in [2.24, 2.45) is 5.92 Å². The van der Waals surface area contributed by atoms with Gasteiger partial charge < -0.3 is 24.0 Å². The average molecular weight is 541 g/mol. The van der Waals surface area contributed by atoms with Crippen LogP contribution in [0.15, 0.2) is 42.5 Å². The summed E-state index contributed by atoms with van der Waals surface area (Å²) < 4.78 is 17.0. The van der Waals surface area contributed by atoms with Crippen molar-refractivity contribution in [3.05, 3.63) is 52.6 Å². The quantitative estimate of drug-likeness (QED) is 0.309. The van der Waals surface area contributed by atoms with Crippen LogP contribution in [0.5, 0.6) is 17.2 Å². The molecule has 0 aliphatic carbocycles. The topological polar surface area (TPSA) is 97.6 Å². The van der Waals surface area contributed by atoms with Crippen LogP contribution in [0.3, 0.4) is 0 Å². The van der Waals surface area contributed by atoms with Crippen LogP contribution in [-0.2, 0) is 4.79 Å². The number of ether oxygens (including phenoxy) is 3. The average Bonchev–Trinajstić information content (AvgIpc) is 2.95. The first-order chi connectivity index (χ1) is 18.8. The predicted octanol–water partition coefficient (Wildman–Crippen LogP) is 4.22. The molecule has 2 heterocycles. The highest BCUT2D eigenvalue weighted by atomic mass is 16.6. The molecule has 0 atom stereocenters. The lowest BCUT2D eigenvalue weighted by Gasteiger charge is -2.37. The summed E-state index contributed by atoms with van der Waals surface area (Å²) in [5.41, 5.74) is 1.13. The maximum absolute atomic E-state index is 12.9. The third kappa shape index (κ3) is 7.98. The Morgan fingerprint density at radius 3 is 2.28 bits per heavy atom. The van der Waals surface area contributed by atoms with E-state index in [1.54, 1.807) is 19.2 Å². The zero-order valence-corrected chi connectivity index (χ0v) is 23.2. The fourth-order valence-electron chi connectivity index (χ4n) is 4.94. The van der Waals surface area contributed by atoms with E-state index >= 15 is 0 Å². The lowest BCUT2D eigenvalue weighted by Crippen LogP contribution is -2.48. The molecule has 2 aromatic carbocycles. The van der Waals surface area contributed by atoms with Crippen molar-refractivity contribution in [1.82, 2.24) is 9.80 Å². The number of carbonyl (C=O) groups excluding carboxylic acids is 1. The second kappa shape index (κ2) is 13.5. The molecule has 2 saturated heterocycles. The number of nitro groups is 1. The lowest BCUT2D eigenvalue weighted by molar-refractivity contribution is -0.385. The Hall–Kier alpha value is -3.53. The number of amides is 1. The van der Waals surface area contributed by atoms with Crippen molar-refractivity contribution in [1.29, 1.82) is 0 Å². The van der Waals surface area contributed by atoms with Crippen LogP contribution in [0.1, 0.15) is 33.1 Å². The number of piperazine rings is 1. The second-order valence-corrected chi connectivity index (χ2v) is 10.6. The van der Waals surface area contributed by atoms with Crippen molar-refractivity contribution in [2.45, 2.75) is 39.2 Å². The molecule has 0 saturated carbocycles. The summed E-state index contributed by atoms with van der Waals surface area (Å²) in [4.78, 5) is 30.5. The summed E-state index contributed by atoms with van der Waals surface area (Å²) in [6, 6.07) is 12.8. The largest absolute Gasteiger partial charge is 0.497 e. The Morgan fingerprint density at radius 1 is 1.00 bits per heavy atom. The SMILES string of the molecule is COc1ccc(N2CCN(CCC(=O)N3CCC(Oc4ccc([N+](=O)[O-])c(OCC(C)C)c4)CC3)CC2)cc1. The van der Waals surface area contributed by atoms with E-state index in [1.807, 2.05) is 30.9 Å². The standard InChI is InChI=1S/C29H40N4O6/c1-22(2)21-38-28-20-26(8-9-27(28)33(35)36)39-25-10-14-32(15-11-25)29(34)12-13-30-16-18-31(19-17-30)23-4-6-24(37-3)7-5-23/h4-9,20,22,25H,10-19,21H2,1-3H3. The second-order valence-electron chi connectivity index (χ2n) is 10.6. The van der Waals surface area contributed by atoms with E-state index in [4.69, 9.17) is 14.2 Å². The lowest BCUT2D eigenvalue weighted by atomic mass is 10.1. The molecule has 0 spiro atoms. The molecular formula is C29H40N4O6. The van der Waals surface area contributed by atoms with Gasteiger partial charge in [-0.15, -0.1) is 0 Å². The van der Waals surface area contributed by atoms with E-state index in [-0.39, 0.29) is 29.4 Å². The maximum atomic E-state index is 12.9. The van der Waals surface area contributed by atoms with Crippen LogP contribution in [0, 0.1) is 16.0 Å². The number of hydrogen-bond acceptors (Lipinski definition) is 8. The molecular weight excluding hydrogens is 500 g/mol. The molecule has 2 aliphatic heterocycles. The number of hydrogen-bond donors (Lipinski definition) is 0. The molecule has 10 nitrogen and oxygen atoms in total. The van der Waals surface area contributed by atoms with E-state index in [2.05, 4.69) is 21.9 Å². The summed E-state index contributed by atoms with van der Waals surface area (Å²) in [5, 5.41) is 11.4. The van der Waals surface area contributed by atoms with Gasteiger partial charge in [0.25, 0.3) is 0 Å². The Bertz CT molecular complexity index is 1090. The van der Waals surface area contributed by atoms with Gasteiger partial charge in [0, 0.05) is 82.9 Å². The highest BCUT2D eigenvalue weighted by Crippen LogP contribution is 2.33. The number of nitro benzene ring substituents is 1. The molecule has 2 aromatic rings. The van der Waals surface area contributed by atoms with Gasteiger partial charge in [-0.1, -0.05) is 13.8 Å². The first-order valence-electron chi connectivity index (χ1n) is 13.8. The van der Waals surface area contributed by atoms with Gasteiger partial charge in [-0.25, -0.2) is 0 Å². The third-order valence-corrected chi connectivity index (χ3v) is 7.25. The maximum Gasteiger partial charge on any atom is 0.311 e. The van der Waals surface area contributed by atoms with Crippen LogP contribution in [0.25, 0.3) is 0 Å². The van der Waals surface area contributed by atoms with E-state index in [0.29, 0.717) is 31.9 Å². The summed E-state index contributed by atoms with van der Waals surface area (Å²) >= 11 is 0. The van der Waals surface area contributed by atoms with Gasteiger partial charge in [0.15, 0.2) is 0 Å². The zero-order valence-electron chi connectivity index (χ0n) is 23.2. The van der Waals surface area contributed by atoms with Gasteiger partial charge in [0.1, 0.15) is 17.6 Å². The molecule has 10 heteroatoms. The van der Waals surface area contributed by atoms with Crippen molar-refractivity contribution in [3.63, 3.8) is 0 Å². The van der Waals surface area contributed by atoms with Gasteiger partial charge in [0.2, 0.25) is 11.7 Å². The first kappa shape index (κ1) is 28.5. The molecule has 0 aromatic heterocycles. The summed E-state index contributed by atoms with van der Waals surface area (Å²) in [5.74, 6) is 2.07. The van der Waals surface area contributed by atoms with Gasteiger partial charge in [-0.05, 0) is 36.2 Å². The number of piperidine rings is 1. The van der Waals surface area contributed by atoms with Crippen molar-refractivity contribution in [3.8, 4) is 17.2 Å². The van der Waals surface area contributed by atoms with Gasteiger partial charge in [-0.2, -0.15) is 0 Å². The van der Waals surface area contributed by atoms with Gasteiger partial charge in [0.05, 0.1) is 18.6 Å². The van der Waals surface area contributed by atoms with Crippen molar-refractivity contribution >= 4 is 17.3 Å². The van der Waals surface area contributed by atoms with Crippen LogP contribution in [-0.4, -0.2) is 86.3 Å². The van der Waals surface area contributed by atoms with E-state index in [1.165, 1.54) is 11.8 Å². The first-order valence-corrected chi connectivity index (χ1v) is 13.8. The fourth-order valence-corrected chi connectivity index (χ4v) is 4.94. The minimum Gasteiger partial charge on any atom is -0.497 e. The normalized spacial score (nSPS) is 16.8. The molecule has 0 N–H and O–H groups in total.